The van der Waals surface area contributed by atoms with Crippen LogP contribution in [0.15, 0.2) is 64.0 Å². The molecular weight excluding hydrogens is 264 g/mol. The molecule has 1 aromatic carbocycles. The fourth-order valence-electron chi connectivity index (χ4n) is 2.32. The van der Waals surface area contributed by atoms with Crippen molar-refractivity contribution in [2.24, 2.45) is 0 Å². The number of furan rings is 1. The number of aromatic nitrogens is 2. The lowest BCUT2D eigenvalue weighted by atomic mass is 10.1. The normalized spacial score (nSPS) is 10.7. The molecule has 0 saturated heterocycles. The van der Waals surface area contributed by atoms with Gasteiger partial charge in [-0.25, -0.2) is 4.98 Å². The predicted octanol–water partition coefficient (Wildman–Crippen LogP) is 3.05. The highest BCUT2D eigenvalue weighted by Gasteiger charge is 2.11. The molecule has 0 radical (unpaired) electrons. The molecule has 21 heavy (non-hydrogen) atoms. The molecule has 2 heterocycles. The van der Waals surface area contributed by atoms with Crippen LogP contribution in [0, 0.1) is 6.92 Å². The molecule has 0 N–H and O–H groups in total. The molecule has 2 aromatic heterocycles. The maximum atomic E-state index is 12.3. The summed E-state index contributed by atoms with van der Waals surface area (Å²) < 4.78 is 7.07. The zero-order valence-electron chi connectivity index (χ0n) is 11.8. The van der Waals surface area contributed by atoms with E-state index in [1.54, 1.807) is 23.0 Å². The fourth-order valence-corrected chi connectivity index (χ4v) is 2.32. The summed E-state index contributed by atoms with van der Waals surface area (Å²) in [6, 6.07) is 15.3. The number of hydrogen-bond donors (Lipinski definition) is 0. The van der Waals surface area contributed by atoms with Crippen LogP contribution in [0.1, 0.15) is 11.3 Å². The molecule has 0 aliphatic carbocycles. The summed E-state index contributed by atoms with van der Waals surface area (Å²) in [6.07, 6.45) is 2.37. The van der Waals surface area contributed by atoms with Gasteiger partial charge in [-0.3, -0.25) is 9.36 Å². The van der Waals surface area contributed by atoms with Crippen molar-refractivity contribution >= 4 is 0 Å². The van der Waals surface area contributed by atoms with Crippen molar-refractivity contribution in [2.45, 2.75) is 19.9 Å². The maximum Gasteiger partial charge on any atom is 0.254 e. The van der Waals surface area contributed by atoms with Gasteiger partial charge in [-0.15, -0.1) is 0 Å². The lowest BCUT2D eigenvalue weighted by molar-refractivity contribution is 0.559. The van der Waals surface area contributed by atoms with E-state index in [4.69, 9.17) is 4.42 Å². The quantitative estimate of drug-likeness (QED) is 0.738. The third-order valence-corrected chi connectivity index (χ3v) is 3.34. The second-order valence-electron chi connectivity index (χ2n) is 4.92. The number of rotatable bonds is 4. The average molecular weight is 280 g/mol. The molecule has 3 aromatic rings. The van der Waals surface area contributed by atoms with Gasteiger partial charge in [0.05, 0.1) is 6.26 Å². The molecule has 0 saturated carbocycles. The van der Waals surface area contributed by atoms with Gasteiger partial charge in [0.1, 0.15) is 0 Å². The van der Waals surface area contributed by atoms with Crippen LogP contribution >= 0.6 is 0 Å². The Kier molecular flexibility index (Phi) is 3.69. The van der Waals surface area contributed by atoms with Gasteiger partial charge in [0.25, 0.3) is 5.56 Å². The predicted molar refractivity (Wildman–Crippen MR) is 81.1 cm³/mol. The molecule has 106 valence electrons. The highest BCUT2D eigenvalue weighted by Crippen LogP contribution is 2.17. The van der Waals surface area contributed by atoms with E-state index in [2.05, 4.69) is 17.1 Å². The van der Waals surface area contributed by atoms with Crippen molar-refractivity contribution in [3.8, 4) is 11.6 Å². The number of nitrogens with zero attached hydrogens (tertiary/aromatic N) is 2. The first-order valence-corrected chi connectivity index (χ1v) is 6.90. The summed E-state index contributed by atoms with van der Waals surface area (Å²) in [5.74, 6) is 1.20. The standard InChI is InChI=1S/C17H16N2O2/c1-13-12-16(20)19(10-9-14-6-3-2-4-7-14)17(18-13)15-8-5-11-21-15/h2-8,11-12H,9-10H2,1H3. The van der Waals surface area contributed by atoms with Gasteiger partial charge < -0.3 is 4.42 Å². The number of aryl methyl sites for hydroxylation is 2. The first kappa shape index (κ1) is 13.4. The molecule has 3 rings (SSSR count). The Balaban J connectivity index is 1.96. The molecule has 0 amide bonds. The van der Waals surface area contributed by atoms with Crippen LogP contribution in [0.2, 0.25) is 0 Å². The fraction of sp³-hybridized carbons (Fsp3) is 0.176. The van der Waals surface area contributed by atoms with Gasteiger partial charge >= 0.3 is 0 Å². The van der Waals surface area contributed by atoms with Crippen LogP contribution < -0.4 is 5.56 Å². The second kappa shape index (κ2) is 5.79. The zero-order valence-corrected chi connectivity index (χ0v) is 11.8. The maximum absolute atomic E-state index is 12.3. The Morgan fingerprint density at radius 1 is 1.14 bits per heavy atom. The van der Waals surface area contributed by atoms with E-state index in [-0.39, 0.29) is 5.56 Å². The lowest BCUT2D eigenvalue weighted by Gasteiger charge is -2.11. The van der Waals surface area contributed by atoms with Gasteiger partial charge in [-0.1, -0.05) is 30.3 Å². The smallest absolute Gasteiger partial charge is 0.254 e. The molecule has 0 bridgehead atoms. The van der Waals surface area contributed by atoms with Crippen molar-refractivity contribution in [3.63, 3.8) is 0 Å². The first-order chi connectivity index (χ1) is 10.2. The van der Waals surface area contributed by atoms with E-state index in [1.165, 1.54) is 5.56 Å². The summed E-state index contributed by atoms with van der Waals surface area (Å²) in [5.41, 5.74) is 1.84. The van der Waals surface area contributed by atoms with Crippen molar-refractivity contribution in [2.75, 3.05) is 0 Å². The average Bonchev–Trinajstić information content (AvgIpc) is 3.01. The third kappa shape index (κ3) is 2.94. The molecule has 0 aliphatic heterocycles. The van der Waals surface area contributed by atoms with E-state index in [9.17, 15) is 4.79 Å². The highest BCUT2D eigenvalue weighted by atomic mass is 16.3. The summed E-state index contributed by atoms with van der Waals surface area (Å²) in [7, 11) is 0. The molecule has 0 atom stereocenters. The highest BCUT2D eigenvalue weighted by molar-refractivity contribution is 5.47. The summed E-state index contributed by atoms with van der Waals surface area (Å²) >= 11 is 0. The minimum atomic E-state index is -0.0511. The summed E-state index contributed by atoms with van der Waals surface area (Å²) in [5, 5.41) is 0. The number of hydrogen-bond acceptors (Lipinski definition) is 3. The Bertz CT molecular complexity index is 774. The zero-order chi connectivity index (χ0) is 14.7. The van der Waals surface area contributed by atoms with Crippen LogP contribution in [0.25, 0.3) is 11.6 Å². The number of benzene rings is 1. The van der Waals surface area contributed by atoms with Crippen molar-refractivity contribution in [1.82, 2.24) is 9.55 Å². The molecule has 0 fully saturated rings. The van der Waals surface area contributed by atoms with Crippen LogP contribution in [0.3, 0.4) is 0 Å². The molecule has 0 unspecified atom stereocenters. The van der Waals surface area contributed by atoms with Crippen LogP contribution in [-0.4, -0.2) is 9.55 Å². The van der Waals surface area contributed by atoms with Gasteiger partial charge in [-0.05, 0) is 31.0 Å². The van der Waals surface area contributed by atoms with Crippen LogP contribution in [-0.2, 0) is 13.0 Å². The molecule has 0 spiro atoms. The van der Waals surface area contributed by atoms with Gasteiger partial charge in [0, 0.05) is 18.3 Å². The Morgan fingerprint density at radius 3 is 2.67 bits per heavy atom. The van der Waals surface area contributed by atoms with Gasteiger partial charge in [0.2, 0.25) is 0 Å². The van der Waals surface area contributed by atoms with Crippen LogP contribution in [0.5, 0.6) is 0 Å². The van der Waals surface area contributed by atoms with E-state index in [0.29, 0.717) is 23.8 Å². The Labute approximate surface area is 122 Å². The second-order valence-corrected chi connectivity index (χ2v) is 4.92. The van der Waals surface area contributed by atoms with E-state index < -0.39 is 0 Å². The van der Waals surface area contributed by atoms with Crippen molar-refractivity contribution < 1.29 is 4.42 Å². The van der Waals surface area contributed by atoms with Gasteiger partial charge in [-0.2, -0.15) is 0 Å². The largest absolute Gasteiger partial charge is 0.461 e. The van der Waals surface area contributed by atoms with E-state index >= 15 is 0 Å². The molecule has 0 aliphatic rings. The topological polar surface area (TPSA) is 48.0 Å². The van der Waals surface area contributed by atoms with E-state index in [1.807, 2.05) is 31.2 Å². The lowest BCUT2D eigenvalue weighted by Crippen LogP contribution is -2.24. The molecule has 4 nitrogen and oxygen atoms in total. The summed E-state index contributed by atoms with van der Waals surface area (Å²) in [6.45, 7) is 2.39. The summed E-state index contributed by atoms with van der Waals surface area (Å²) in [4.78, 5) is 16.7. The van der Waals surface area contributed by atoms with E-state index in [0.717, 1.165) is 6.42 Å². The van der Waals surface area contributed by atoms with Crippen LogP contribution in [0.4, 0.5) is 0 Å². The van der Waals surface area contributed by atoms with Crippen molar-refractivity contribution in [3.05, 3.63) is 76.4 Å². The minimum absolute atomic E-state index is 0.0511. The third-order valence-electron chi connectivity index (χ3n) is 3.34. The molecule has 4 heteroatoms. The molecular formula is C17H16N2O2. The first-order valence-electron chi connectivity index (χ1n) is 6.90. The van der Waals surface area contributed by atoms with Crippen molar-refractivity contribution in [1.29, 1.82) is 0 Å². The monoisotopic (exact) mass is 280 g/mol. The SMILES string of the molecule is Cc1cc(=O)n(CCc2ccccc2)c(-c2ccco2)n1. The Hall–Kier alpha value is -2.62. The van der Waals surface area contributed by atoms with Gasteiger partial charge in [0.15, 0.2) is 11.6 Å². The minimum Gasteiger partial charge on any atom is -0.461 e. The Morgan fingerprint density at radius 2 is 1.95 bits per heavy atom.